The van der Waals surface area contributed by atoms with Crippen LogP contribution in [0, 0.1) is 0 Å². The number of benzene rings is 1. The molecule has 0 radical (unpaired) electrons. The summed E-state index contributed by atoms with van der Waals surface area (Å²) in [5.74, 6) is 0. The normalized spacial score (nSPS) is 14.0. The van der Waals surface area contributed by atoms with Gasteiger partial charge >= 0.3 is 0 Å². The third-order valence-corrected chi connectivity index (χ3v) is 3.10. The van der Waals surface area contributed by atoms with Gasteiger partial charge < -0.3 is 0 Å². The Hall–Kier alpha value is -2.41. The van der Waals surface area contributed by atoms with Crippen molar-refractivity contribution in [2.45, 2.75) is 6.42 Å². The van der Waals surface area contributed by atoms with Gasteiger partial charge in [-0.05, 0) is 24.1 Å². The molecule has 1 aromatic heterocycles. The molecule has 92 valence electrons. The van der Waals surface area contributed by atoms with Gasteiger partial charge in [0.2, 0.25) is 0 Å². The molecule has 1 aliphatic carbocycles. The highest BCUT2D eigenvalue weighted by Crippen LogP contribution is 2.21. The molecule has 1 heterocycles. The van der Waals surface area contributed by atoms with E-state index in [-0.39, 0.29) is 0 Å². The van der Waals surface area contributed by atoms with Gasteiger partial charge in [0, 0.05) is 5.56 Å². The van der Waals surface area contributed by atoms with E-state index in [2.05, 4.69) is 60.7 Å². The van der Waals surface area contributed by atoms with Gasteiger partial charge in [-0.2, -0.15) is 0 Å². The third kappa shape index (κ3) is 2.71. The number of allylic oxidation sites excluding steroid dienone is 6. The molecule has 2 aromatic rings. The summed E-state index contributed by atoms with van der Waals surface area (Å²) in [6.45, 7) is 0. The SMILES string of the molecule is C1=CCC=CC(c2cccc(-c3ccccc3)n2)=C1. The van der Waals surface area contributed by atoms with Gasteiger partial charge in [-0.25, -0.2) is 4.98 Å². The van der Waals surface area contributed by atoms with Crippen LogP contribution in [0.2, 0.25) is 0 Å². The smallest absolute Gasteiger partial charge is 0.0709 e. The van der Waals surface area contributed by atoms with Crippen LogP contribution < -0.4 is 0 Å². The average molecular weight is 245 g/mol. The average Bonchev–Trinajstić information content (AvgIpc) is 2.77. The highest BCUT2D eigenvalue weighted by molar-refractivity contribution is 5.75. The molecule has 0 saturated carbocycles. The lowest BCUT2D eigenvalue weighted by molar-refractivity contribution is 1.28. The Morgan fingerprint density at radius 2 is 1.63 bits per heavy atom. The standard InChI is InChI=1S/C18H15N/c1-2-5-10-15(9-4-1)17-13-8-14-18(19-17)16-11-6-3-7-12-16/h1,3-14H,2H2. The van der Waals surface area contributed by atoms with Gasteiger partial charge in [-0.1, -0.05) is 66.8 Å². The van der Waals surface area contributed by atoms with Crippen molar-refractivity contribution in [1.29, 1.82) is 0 Å². The minimum Gasteiger partial charge on any atom is -0.248 e. The van der Waals surface area contributed by atoms with Crippen LogP contribution in [0.25, 0.3) is 16.8 Å². The van der Waals surface area contributed by atoms with Crippen molar-refractivity contribution in [3.8, 4) is 11.3 Å². The quantitative estimate of drug-likeness (QED) is 0.750. The summed E-state index contributed by atoms with van der Waals surface area (Å²) >= 11 is 0. The van der Waals surface area contributed by atoms with Crippen LogP contribution in [-0.4, -0.2) is 4.98 Å². The van der Waals surface area contributed by atoms with E-state index in [9.17, 15) is 0 Å². The Balaban J connectivity index is 2.01. The zero-order chi connectivity index (χ0) is 12.9. The van der Waals surface area contributed by atoms with Crippen LogP contribution in [0.3, 0.4) is 0 Å². The van der Waals surface area contributed by atoms with Gasteiger partial charge in [-0.3, -0.25) is 0 Å². The Bertz CT molecular complexity index is 648. The predicted molar refractivity (Wildman–Crippen MR) is 80.5 cm³/mol. The van der Waals surface area contributed by atoms with Crippen molar-refractivity contribution >= 4 is 5.57 Å². The van der Waals surface area contributed by atoms with Crippen LogP contribution in [0.15, 0.2) is 78.9 Å². The molecule has 0 atom stereocenters. The summed E-state index contributed by atoms with van der Waals surface area (Å²) in [5.41, 5.74) is 4.34. The highest BCUT2D eigenvalue weighted by Gasteiger charge is 2.03. The Labute approximate surface area is 113 Å². The predicted octanol–water partition coefficient (Wildman–Crippen LogP) is 4.65. The molecule has 1 aromatic carbocycles. The molecule has 0 saturated heterocycles. The summed E-state index contributed by atoms with van der Waals surface area (Å²) in [6, 6.07) is 16.4. The molecule has 0 aliphatic heterocycles. The van der Waals surface area contributed by atoms with E-state index >= 15 is 0 Å². The van der Waals surface area contributed by atoms with Crippen molar-refractivity contribution < 1.29 is 0 Å². The van der Waals surface area contributed by atoms with Crippen molar-refractivity contribution in [2.24, 2.45) is 0 Å². The number of rotatable bonds is 2. The molecular formula is C18H15N. The van der Waals surface area contributed by atoms with E-state index in [1.54, 1.807) is 0 Å². The number of hydrogen-bond donors (Lipinski definition) is 0. The maximum atomic E-state index is 4.75. The minimum absolute atomic E-state index is 0.984. The number of hydrogen-bond acceptors (Lipinski definition) is 1. The largest absolute Gasteiger partial charge is 0.248 e. The number of nitrogens with zero attached hydrogens (tertiary/aromatic N) is 1. The monoisotopic (exact) mass is 245 g/mol. The minimum atomic E-state index is 0.984. The summed E-state index contributed by atoms with van der Waals surface area (Å²) in [4.78, 5) is 4.75. The topological polar surface area (TPSA) is 12.9 Å². The van der Waals surface area contributed by atoms with E-state index in [1.807, 2.05) is 18.2 Å². The van der Waals surface area contributed by atoms with Crippen LogP contribution >= 0.6 is 0 Å². The van der Waals surface area contributed by atoms with E-state index in [0.717, 1.165) is 28.9 Å². The highest BCUT2D eigenvalue weighted by atomic mass is 14.7. The van der Waals surface area contributed by atoms with Gasteiger partial charge in [0.25, 0.3) is 0 Å². The van der Waals surface area contributed by atoms with Crippen LogP contribution in [-0.2, 0) is 0 Å². The molecule has 3 rings (SSSR count). The molecule has 0 bridgehead atoms. The van der Waals surface area contributed by atoms with E-state index in [1.165, 1.54) is 0 Å². The zero-order valence-electron chi connectivity index (χ0n) is 10.7. The fraction of sp³-hybridized carbons (Fsp3) is 0.0556. The van der Waals surface area contributed by atoms with E-state index in [4.69, 9.17) is 4.98 Å². The molecule has 0 fully saturated rings. The molecule has 1 nitrogen and oxygen atoms in total. The molecule has 0 spiro atoms. The maximum absolute atomic E-state index is 4.75. The summed E-state index contributed by atoms with van der Waals surface area (Å²) in [5, 5.41) is 0. The second-order valence-electron chi connectivity index (χ2n) is 4.46. The summed E-state index contributed by atoms with van der Waals surface area (Å²) in [6.07, 6.45) is 11.6. The first kappa shape index (κ1) is 11.7. The van der Waals surface area contributed by atoms with Crippen molar-refractivity contribution in [3.63, 3.8) is 0 Å². The Morgan fingerprint density at radius 3 is 2.53 bits per heavy atom. The number of pyridine rings is 1. The van der Waals surface area contributed by atoms with E-state index < -0.39 is 0 Å². The van der Waals surface area contributed by atoms with Crippen LogP contribution in [0.4, 0.5) is 0 Å². The van der Waals surface area contributed by atoms with Crippen molar-refractivity contribution in [2.75, 3.05) is 0 Å². The second kappa shape index (κ2) is 5.49. The van der Waals surface area contributed by atoms with Crippen molar-refractivity contribution in [1.82, 2.24) is 4.98 Å². The first-order chi connectivity index (χ1) is 9.43. The Morgan fingerprint density at radius 1 is 0.789 bits per heavy atom. The van der Waals surface area contributed by atoms with Gasteiger partial charge in [-0.15, -0.1) is 0 Å². The van der Waals surface area contributed by atoms with Crippen molar-refractivity contribution in [3.05, 3.63) is 84.6 Å². The molecule has 1 heteroatoms. The van der Waals surface area contributed by atoms with Gasteiger partial charge in [0.05, 0.1) is 11.4 Å². The fourth-order valence-electron chi connectivity index (χ4n) is 2.12. The number of aromatic nitrogens is 1. The second-order valence-corrected chi connectivity index (χ2v) is 4.46. The Kier molecular flexibility index (Phi) is 3.37. The molecule has 0 amide bonds. The first-order valence-corrected chi connectivity index (χ1v) is 6.50. The lowest BCUT2D eigenvalue weighted by Crippen LogP contribution is -1.90. The molecule has 0 unspecified atom stereocenters. The van der Waals surface area contributed by atoms with E-state index in [0.29, 0.717) is 0 Å². The maximum Gasteiger partial charge on any atom is 0.0709 e. The summed E-state index contributed by atoms with van der Waals surface area (Å²) in [7, 11) is 0. The third-order valence-electron chi connectivity index (χ3n) is 3.10. The van der Waals surface area contributed by atoms with Gasteiger partial charge in [0.1, 0.15) is 0 Å². The molecule has 19 heavy (non-hydrogen) atoms. The molecular weight excluding hydrogens is 230 g/mol. The van der Waals surface area contributed by atoms with Gasteiger partial charge in [0.15, 0.2) is 0 Å². The lowest BCUT2D eigenvalue weighted by atomic mass is 10.1. The zero-order valence-corrected chi connectivity index (χ0v) is 10.7. The first-order valence-electron chi connectivity index (χ1n) is 6.50. The van der Waals surface area contributed by atoms with Crippen LogP contribution in [0.1, 0.15) is 12.1 Å². The fourth-order valence-corrected chi connectivity index (χ4v) is 2.12. The summed E-state index contributed by atoms with van der Waals surface area (Å²) < 4.78 is 0. The lowest BCUT2D eigenvalue weighted by Gasteiger charge is -2.05. The molecule has 0 N–H and O–H groups in total. The van der Waals surface area contributed by atoms with Crippen LogP contribution in [0.5, 0.6) is 0 Å². The molecule has 1 aliphatic rings.